The lowest BCUT2D eigenvalue weighted by Gasteiger charge is -2.07. The van der Waals surface area contributed by atoms with Gasteiger partial charge in [0, 0.05) is 10.9 Å². The van der Waals surface area contributed by atoms with Crippen LogP contribution in [0, 0.1) is 5.82 Å². The van der Waals surface area contributed by atoms with Gasteiger partial charge in [-0.05, 0) is 35.9 Å². The van der Waals surface area contributed by atoms with Gasteiger partial charge in [0.05, 0.1) is 10.9 Å². The van der Waals surface area contributed by atoms with E-state index in [1.54, 1.807) is 24.3 Å². The summed E-state index contributed by atoms with van der Waals surface area (Å²) in [6.45, 7) is 0. The second kappa shape index (κ2) is 5.17. The van der Waals surface area contributed by atoms with E-state index in [2.05, 4.69) is 25.9 Å². The first-order valence-corrected chi connectivity index (χ1v) is 7.15. The molecule has 0 unspecified atom stereocenters. The summed E-state index contributed by atoms with van der Waals surface area (Å²) in [6.07, 6.45) is 0. The number of nitrogens with zero attached hydrogens (tertiary/aromatic N) is 1. The first-order valence-electron chi connectivity index (χ1n) is 6.03. The van der Waals surface area contributed by atoms with Gasteiger partial charge in [-0.15, -0.1) is 0 Å². The first-order chi connectivity index (χ1) is 9.69. The van der Waals surface area contributed by atoms with Gasteiger partial charge in [-0.3, -0.25) is 4.79 Å². The van der Waals surface area contributed by atoms with Crippen LogP contribution in [0.2, 0.25) is 0 Å². The van der Waals surface area contributed by atoms with Gasteiger partial charge in [-0.25, -0.2) is 9.37 Å². The van der Waals surface area contributed by atoms with Crippen molar-refractivity contribution in [2.75, 3.05) is 0 Å². The molecule has 3 nitrogen and oxygen atoms in total. The van der Waals surface area contributed by atoms with E-state index < -0.39 is 0 Å². The summed E-state index contributed by atoms with van der Waals surface area (Å²) in [5, 5.41) is 1.02. The van der Waals surface area contributed by atoms with Gasteiger partial charge in [0.2, 0.25) is 0 Å². The number of benzene rings is 2. The molecular weight excluding hydrogens is 323 g/mol. The van der Waals surface area contributed by atoms with Crippen LogP contribution in [0.5, 0.6) is 0 Å². The maximum Gasteiger partial charge on any atom is 0.259 e. The predicted molar refractivity (Wildman–Crippen MR) is 80.4 cm³/mol. The average Bonchev–Trinajstić information content (AvgIpc) is 2.47. The largest absolute Gasteiger partial charge is 0.306 e. The number of aromatic amines is 1. The fourth-order valence-electron chi connectivity index (χ4n) is 2.12. The summed E-state index contributed by atoms with van der Waals surface area (Å²) in [6, 6.07) is 11.5. The molecule has 20 heavy (non-hydrogen) atoms. The van der Waals surface area contributed by atoms with Crippen LogP contribution in [0.15, 0.2) is 47.3 Å². The van der Waals surface area contributed by atoms with Crippen LogP contribution in [0.3, 0.4) is 0 Å². The second-order valence-electron chi connectivity index (χ2n) is 4.37. The van der Waals surface area contributed by atoms with Gasteiger partial charge in [-0.1, -0.05) is 28.1 Å². The van der Waals surface area contributed by atoms with Gasteiger partial charge in [0.15, 0.2) is 0 Å². The smallest absolute Gasteiger partial charge is 0.259 e. The Bertz CT molecular complexity index is 845. The number of hydrogen-bond acceptors (Lipinski definition) is 2. The molecule has 0 saturated carbocycles. The Hall–Kier alpha value is -2.01. The topological polar surface area (TPSA) is 45.8 Å². The average molecular weight is 333 g/mol. The predicted octanol–water partition coefficient (Wildman–Crippen LogP) is 3.62. The number of H-pyrrole nitrogens is 1. The third kappa shape index (κ3) is 2.25. The molecular formula is C15H10BrFN2O. The van der Waals surface area contributed by atoms with Crippen LogP contribution in [0.25, 0.3) is 22.3 Å². The van der Waals surface area contributed by atoms with E-state index in [9.17, 15) is 9.18 Å². The van der Waals surface area contributed by atoms with E-state index in [1.165, 1.54) is 12.1 Å². The van der Waals surface area contributed by atoms with E-state index in [1.807, 2.05) is 6.07 Å². The van der Waals surface area contributed by atoms with Gasteiger partial charge in [0.1, 0.15) is 11.6 Å². The summed E-state index contributed by atoms with van der Waals surface area (Å²) < 4.78 is 13.3. The monoisotopic (exact) mass is 332 g/mol. The highest BCUT2D eigenvalue weighted by molar-refractivity contribution is 9.08. The molecule has 3 rings (SSSR count). The minimum Gasteiger partial charge on any atom is -0.306 e. The molecule has 0 aliphatic heterocycles. The number of fused-ring (bicyclic) bond motifs is 1. The van der Waals surface area contributed by atoms with Crippen molar-refractivity contribution < 1.29 is 4.39 Å². The molecule has 1 N–H and O–H groups in total. The van der Waals surface area contributed by atoms with Crippen LogP contribution in [0.1, 0.15) is 5.56 Å². The van der Waals surface area contributed by atoms with Crippen molar-refractivity contribution in [3.8, 4) is 11.4 Å². The Kier molecular flexibility index (Phi) is 3.36. The van der Waals surface area contributed by atoms with Gasteiger partial charge in [0.25, 0.3) is 5.56 Å². The molecule has 0 bridgehead atoms. The third-order valence-corrected chi connectivity index (χ3v) is 3.68. The summed E-state index contributed by atoms with van der Waals surface area (Å²) in [7, 11) is 0. The van der Waals surface area contributed by atoms with Crippen molar-refractivity contribution in [3.63, 3.8) is 0 Å². The summed E-state index contributed by atoms with van der Waals surface area (Å²) >= 11 is 3.32. The highest BCUT2D eigenvalue weighted by Crippen LogP contribution is 2.23. The van der Waals surface area contributed by atoms with Crippen LogP contribution in [-0.2, 0) is 5.33 Å². The minimum atomic E-state index is -0.314. The first kappa shape index (κ1) is 13.0. The fraction of sp³-hybridized carbons (Fsp3) is 0.0667. The van der Waals surface area contributed by atoms with E-state index in [-0.39, 0.29) is 11.4 Å². The van der Waals surface area contributed by atoms with Gasteiger partial charge in [-0.2, -0.15) is 0 Å². The SMILES string of the molecule is O=c1[nH]c(-c2ccc(F)cc2CBr)nc2ccccc12. The van der Waals surface area contributed by atoms with Crippen molar-refractivity contribution in [1.29, 1.82) is 0 Å². The number of halogens is 2. The molecule has 0 spiro atoms. The molecule has 0 radical (unpaired) electrons. The molecule has 3 aromatic rings. The molecule has 0 atom stereocenters. The van der Waals surface area contributed by atoms with E-state index in [4.69, 9.17) is 0 Å². The highest BCUT2D eigenvalue weighted by atomic mass is 79.9. The quantitative estimate of drug-likeness (QED) is 0.728. The minimum absolute atomic E-state index is 0.199. The molecule has 0 aliphatic rings. The summed E-state index contributed by atoms with van der Waals surface area (Å²) in [5.41, 5.74) is 1.88. The van der Waals surface area contributed by atoms with Crippen molar-refractivity contribution in [3.05, 3.63) is 64.2 Å². The number of para-hydroxylation sites is 1. The van der Waals surface area contributed by atoms with Crippen LogP contribution >= 0.6 is 15.9 Å². The lowest BCUT2D eigenvalue weighted by Crippen LogP contribution is -2.10. The number of hydrogen-bond donors (Lipinski definition) is 1. The van der Waals surface area contributed by atoms with Gasteiger partial charge >= 0.3 is 0 Å². The number of aromatic nitrogens is 2. The standard InChI is InChI=1S/C15H10BrFN2O/c16-8-9-7-10(17)5-6-11(9)14-18-13-4-2-1-3-12(13)15(20)19-14/h1-7H,8H2,(H,18,19,20). The maximum absolute atomic E-state index is 13.3. The van der Waals surface area contributed by atoms with E-state index >= 15 is 0 Å². The summed E-state index contributed by atoms with van der Waals surface area (Å²) in [5.74, 6) is 0.134. The van der Waals surface area contributed by atoms with Crippen molar-refractivity contribution in [2.45, 2.75) is 5.33 Å². The zero-order valence-corrected chi connectivity index (χ0v) is 11.9. The Balaban J connectivity index is 2.27. The number of alkyl halides is 1. The van der Waals surface area contributed by atoms with E-state index in [0.717, 1.165) is 5.56 Å². The molecule has 2 aromatic carbocycles. The van der Waals surface area contributed by atoms with Crippen LogP contribution in [0.4, 0.5) is 4.39 Å². The third-order valence-electron chi connectivity index (χ3n) is 3.08. The molecule has 0 saturated heterocycles. The zero-order chi connectivity index (χ0) is 14.1. The lowest BCUT2D eigenvalue weighted by molar-refractivity contribution is 0.626. The van der Waals surface area contributed by atoms with Crippen molar-refractivity contribution in [1.82, 2.24) is 9.97 Å². The van der Waals surface area contributed by atoms with Crippen LogP contribution in [-0.4, -0.2) is 9.97 Å². The van der Waals surface area contributed by atoms with Crippen LogP contribution < -0.4 is 5.56 Å². The zero-order valence-electron chi connectivity index (χ0n) is 10.4. The molecule has 0 amide bonds. The number of nitrogens with one attached hydrogen (secondary N) is 1. The van der Waals surface area contributed by atoms with Gasteiger partial charge < -0.3 is 4.98 Å². The summed E-state index contributed by atoms with van der Waals surface area (Å²) in [4.78, 5) is 19.3. The Labute approximate surface area is 122 Å². The Morgan fingerprint density at radius 1 is 1.20 bits per heavy atom. The molecule has 5 heteroatoms. The molecule has 100 valence electrons. The maximum atomic E-state index is 13.3. The molecule has 1 aromatic heterocycles. The molecule has 1 heterocycles. The molecule has 0 fully saturated rings. The van der Waals surface area contributed by atoms with Crippen molar-refractivity contribution >= 4 is 26.8 Å². The molecule has 0 aliphatic carbocycles. The van der Waals surface area contributed by atoms with E-state index in [0.29, 0.717) is 27.6 Å². The van der Waals surface area contributed by atoms with Crippen molar-refractivity contribution in [2.24, 2.45) is 0 Å². The number of rotatable bonds is 2. The highest BCUT2D eigenvalue weighted by Gasteiger charge is 2.10. The Morgan fingerprint density at radius 3 is 2.80 bits per heavy atom. The lowest BCUT2D eigenvalue weighted by atomic mass is 10.1. The second-order valence-corrected chi connectivity index (χ2v) is 4.93. The Morgan fingerprint density at radius 2 is 2.00 bits per heavy atom. The normalized spacial score (nSPS) is 10.9. The fourth-order valence-corrected chi connectivity index (χ4v) is 2.58.